The van der Waals surface area contributed by atoms with Crippen LogP contribution in [-0.2, 0) is 0 Å². The number of amides is 2. The summed E-state index contributed by atoms with van der Waals surface area (Å²) in [5.41, 5.74) is 3.19. The number of likely N-dealkylation sites (tertiary alicyclic amines) is 1. The van der Waals surface area contributed by atoms with Crippen molar-refractivity contribution in [3.63, 3.8) is 0 Å². The van der Waals surface area contributed by atoms with Crippen molar-refractivity contribution in [2.24, 2.45) is 0 Å². The average molecular weight is 343 g/mol. The topological polar surface area (TPSA) is 32.3 Å². The Bertz CT molecular complexity index is 699. The van der Waals surface area contributed by atoms with Gasteiger partial charge in [0, 0.05) is 17.3 Å². The Labute approximate surface area is 148 Å². The normalized spacial score (nSPS) is 18.1. The third kappa shape index (κ3) is 4.09. The molecule has 1 saturated heterocycles. The number of aryl methyl sites for hydroxylation is 1. The molecule has 4 heteroatoms. The van der Waals surface area contributed by atoms with Crippen molar-refractivity contribution in [2.45, 2.75) is 38.6 Å². The lowest BCUT2D eigenvalue weighted by Gasteiger charge is -2.30. The molecule has 126 valence electrons. The number of urea groups is 1. The Morgan fingerprint density at radius 3 is 2.67 bits per heavy atom. The summed E-state index contributed by atoms with van der Waals surface area (Å²) in [6.45, 7) is 2.87. The second-order valence-electron chi connectivity index (χ2n) is 6.41. The summed E-state index contributed by atoms with van der Waals surface area (Å²) in [4.78, 5) is 14.8. The summed E-state index contributed by atoms with van der Waals surface area (Å²) in [6, 6.07) is 15.9. The summed E-state index contributed by atoms with van der Waals surface area (Å²) >= 11 is 6.01. The number of carbonyl (C=O) groups excluding carboxylic acids is 1. The molecule has 1 N–H and O–H groups in total. The van der Waals surface area contributed by atoms with E-state index >= 15 is 0 Å². The van der Waals surface area contributed by atoms with Crippen molar-refractivity contribution >= 4 is 23.3 Å². The molecule has 2 amide bonds. The van der Waals surface area contributed by atoms with Gasteiger partial charge >= 0.3 is 6.03 Å². The number of hydrogen-bond donors (Lipinski definition) is 1. The van der Waals surface area contributed by atoms with Gasteiger partial charge in [0.1, 0.15) is 0 Å². The smallest absolute Gasteiger partial charge is 0.317 e. The Hall–Kier alpha value is -2.00. The van der Waals surface area contributed by atoms with E-state index in [4.69, 9.17) is 11.6 Å². The van der Waals surface area contributed by atoms with Crippen molar-refractivity contribution in [1.82, 2.24) is 4.90 Å². The van der Waals surface area contributed by atoms with Crippen LogP contribution in [0.5, 0.6) is 0 Å². The second-order valence-corrected chi connectivity index (χ2v) is 6.85. The van der Waals surface area contributed by atoms with Gasteiger partial charge in [0.2, 0.25) is 0 Å². The first-order valence-electron chi connectivity index (χ1n) is 8.53. The molecular weight excluding hydrogens is 320 g/mol. The third-order valence-electron chi connectivity index (χ3n) is 4.55. The van der Waals surface area contributed by atoms with Crippen LogP contribution in [0, 0.1) is 6.92 Å². The first-order valence-corrected chi connectivity index (χ1v) is 8.91. The van der Waals surface area contributed by atoms with Gasteiger partial charge in [-0.05, 0) is 43.5 Å². The molecular formula is C20H23ClN2O. The van der Waals surface area contributed by atoms with Crippen molar-refractivity contribution in [3.8, 4) is 0 Å². The van der Waals surface area contributed by atoms with Crippen molar-refractivity contribution in [3.05, 3.63) is 64.7 Å². The Kier molecular flexibility index (Phi) is 5.41. The number of halogens is 1. The highest BCUT2D eigenvalue weighted by molar-refractivity contribution is 6.30. The minimum atomic E-state index is -0.0512. The van der Waals surface area contributed by atoms with E-state index in [1.54, 1.807) is 12.1 Å². The highest BCUT2D eigenvalue weighted by Gasteiger charge is 2.26. The quantitative estimate of drug-likeness (QED) is 0.735. The van der Waals surface area contributed by atoms with Crippen LogP contribution in [0.25, 0.3) is 0 Å². The van der Waals surface area contributed by atoms with Gasteiger partial charge in [-0.25, -0.2) is 4.79 Å². The maximum atomic E-state index is 12.9. The number of carbonyl (C=O) groups is 1. The van der Waals surface area contributed by atoms with Gasteiger partial charge in [-0.2, -0.15) is 0 Å². The largest absolute Gasteiger partial charge is 0.322 e. The minimum Gasteiger partial charge on any atom is -0.317 e. The Morgan fingerprint density at radius 1 is 1.12 bits per heavy atom. The standard InChI is InChI=1S/C20H23ClN2O/c1-15-9-11-16(12-10-15)19-8-3-2-4-13-23(19)20(24)22-18-7-5-6-17(21)14-18/h5-7,9-12,14,19H,2-4,8,13H2,1H3,(H,22,24). The monoisotopic (exact) mass is 342 g/mol. The summed E-state index contributed by atoms with van der Waals surface area (Å²) in [5.74, 6) is 0. The van der Waals surface area contributed by atoms with Gasteiger partial charge in [-0.15, -0.1) is 0 Å². The zero-order valence-corrected chi connectivity index (χ0v) is 14.7. The molecule has 0 saturated carbocycles. The first-order chi connectivity index (χ1) is 11.6. The highest BCUT2D eigenvalue weighted by Crippen LogP contribution is 2.31. The van der Waals surface area contributed by atoms with Gasteiger partial charge in [0.25, 0.3) is 0 Å². The first kappa shape index (κ1) is 16.8. The fourth-order valence-electron chi connectivity index (χ4n) is 3.25. The van der Waals surface area contributed by atoms with E-state index < -0.39 is 0 Å². The van der Waals surface area contributed by atoms with E-state index in [9.17, 15) is 4.79 Å². The predicted molar refractivity (Wildman–Crippen MR) is 99.6 cm³/mol. The molecule has 0 aliphatic carbocycles. The van der Waals surface area contributed by atoms with Gasteiger partial charge in [0.15, 0.2) is 0 Å². The van der Waals surface area contributed by atoms with Crippen LogP contribution in [-0.4, -0.2) is 17.5 Å². The molecule has 0 spiro atoms. The molecule has 2 aromatic carbocycles. The maximum absolute atomic E-state index is 12.9. The van der Waals surface area contributed by atoms with E-state index in [-0.39, 0.29) is 12.1 Å². The number of nitrogens with one attached hydrogen (secondary N) is 1. The molecule has 0 radical (unpaired) electrons. The minimum absolute atomic E-state index is 0.0512. The van der Waals surface area contributed by atoms with Gasteiger partial charge in [-0.1, -0.05) is 60.3 Å². The highest BCUT2D eigenvalue weighted by atomic mass is 35.5. The molecule has 1 unspecified atom stereocenters. The average Bonchev–Trinajstić information content (AvgIpc) is 2.81. The summed E-state index contributed by atoms with van der Waals surface area (Å²) in [7, 11) is 0. The van der Waals surface area contributed by atoms with Crippen molar-refractivity contribution in [2.75, 3.05) is 11.9 Å². The second kappa shape index (κ2) is 7.71. The molecule has 1 aliphatic heterocycles. The van der Waals surface area contributed by atoms with E-state index in [0.717, 1.165) is 31.5 Å². The molecule has 0 bridgehead atoms. The summed E-state index contributed by atoms with van der Waals surface area (Å²) in [5, 5.41) is 3.62. The number of anilines is 1. The van der Waals surface area contributed by atoms with E-state index in [1.165, 1.54) is 17.5 Å². The molecule has 0 aromatic heterocycles. The van der Waals surface area contributed by atoms with E-state index in [0.29, 0.717) is 5.02 Å². The van der Waals surface area contributed by atoms with Crippen LogP contribution >= 0.6 is 11.6 Å². The molecule has 1 heterocycles. The zero-order chi connectivity index (χ0) is 16.9. The molecule has 3 rings (SSSR count). The van der Waals surface area contributed by atoms with Gasteiger partial charge < -0.3 is 10.2 Å². The Morgan fingerprint density at radius 2 is 1.92 bits per heavy atom. The SMILES string of the molecule is Cc1ccc(C2CCCCCN2C(=O)Nc2cccc(Cl)c2)cc1. The molecule has 1 atom stereocenters. The lowest BCUT2D eigenvalue weighted by atomic mass is 10.00. The van der Waals surface area contributed by atoms with Crippen molar-refractivity contribution < 1.29 is 4.79 Å². The zero-order valence-electron chi connectivity index (χ0n) is 14.0. The van der Waals surface area contributed by atoms with Gasteiger partial charge in [0.05, 0.1) is 6.04 Å². The maximum Gasteiger partial charge on any atom is 0.322 e. The predicted octanol–water partition coefficient (Wildman–Crippen LogP) is 5.80. The molecule has 1 aliphatic rings. The summed E-state index contributed by atoms with van der Waals surface area (Å²) < 4.78 is 0. The fraction of sp³-hybridized carbons (Fsp3) is 0.350. The number of nitrogens with zero attached hydrogens (tertiary/aromatic N) is 1. The van der Waals surface area contributed by atoms with E-state index in [2.05, 4.69) is 36.5 Å². The molecule has 1 fully saturated rings. The van der Waals surface area contributed by atoms with Crippen LogP contribution in [0.1, 0.15) is 42.9 Å². The van der Waals surface area contributed by atoms with Crippen molar-refractivity contribution in [1.29, 1.82) is 0 Å². The number of hydrogen-bond acceptors (Lipinski definition) is 1. The third-order valence-corrected chi connectivity index (χ3v) is 4.79. The van der Waals surface area contributed by atoms with E-state index in [1.807, 2.05) is 17.0 Å². The molecule has 24 heavy (non-hydrogen) atoms. The number of benzene rings is 2. The lowest BCUT2D eigenvalue weighted by molar-refractivity contribution is 0.189. The number of rotatable bonds is 2. The Balaban J connectivity index is 1.81. The van der Waals surface area contributed by atoms with Crippen LogP contribution in [0.4, 0.5) is 10.5 Å². The van der Waals surface area contributed by atoms with Crippen LogP contribution in [0.3, 0.4) is 0 Å². The molecule has 2 aromatic rings. The van der Waals surface area contributed by atoms with Gasteiger partial charge in [-0.3, -0.25) is 0 Å². The van der Waals surface area contributed by atoms with Crippen LogP contribution < -0.4 is 5.32 Å². The lowest BCUT2D eigenvalue weighted by Crippen LogP contribution is -2.38. The molecule has 3 nitrogen and oxygen atoms in total. The summed E-state index contributed by atoms with van der Waals surface area (Å²) in [6.07, 6.45) is 4.38. The van der Waals surface area contributed by atoms with Crippen LogP contribution in [0.2, 0.25) is 5.02 Å². The fourth-order valence-corrected chi connectivity index (χ4v) is 3.44. The van der Waals surface area contributed by atoms with Crippen LogP contribution in [0.15, 0.2) is 48.5 Å².